The normalized spacial score (nSPS) is 16.7. The van der Waals surface area contributed by atoms with Crippen LogP contribution in [0.25, 0.3) is 0 Å². The molecular weight excluding hydrogens is 242 g/mol. The van der Waals surface area contributed by atoms with Crippen molar-refractivity contribution in [2.45, 2.75) is 19.9 Å². The second-order valence-electron chi connectivity index (χ2n) is 4.97. The molecule has 0 bridgehead atoms. The van der Waals surface area contributed by atoms with Gasteiger partial charge in [0.2, 0.25) is 0 Å². The van der Waals surface area contributed by atoms with Gasteiger partial charge >= 0.3 is 0 Å². The van der Waals surface area contributed by atoms with Gasteiger partial charge in [0.15, 0.2) is 0 Å². The van der Waals surface area contributed by atoms with Crippen molar-refractivity contribution >= 4 is 11.7 Å². The summed E-state index contributed by atoms with van der Waals surface area (Å²) in [6.07, 6.45) is 0. The Morgan fingerprint density at radius 3 is 2.58 bits per heavy atom. The number of nitrogen functional groups attached to an aromatic ring is 1. The van der Waals surface area contributed by atoms with E-state index in [1.807, 2.05) is 4.90 Å². The standard InChI is InChI=1S/C13H21N5O/c1-10(2)17-6-8-18(9-7-17)13(19)11-4-3-5-12(15-11)16-14/h3-5,10H,6-9,14H2,1-2H3,(H,15,16). The number of nitrogens with one attached hydrogen (secondary N) is 1. The molecule has 6 nitrogen and oxygen atoms in total. The monoisotopic (exact) mass is 263 g/mol. The lowest BCUT2D eigenvalue weighted by molar-refractivity contribution is 0.0590. The molecule has 19 heavy (non-hydrogen) atoms. The number of hydrazine groups is 1. The van der Waals surface area contributed by atoms with Crippen molar-refractivity contribution in [2.24, 2.45) is 5.84 Å². The Labute approximate surface area is 113 Å². The molecule has 0 unspecified atom stereocenters. The summed E-state index contributed by atoms with van der Waals surface area (Å²) in [5.74, 6) is 5.78. The predicted octanol–water partition coefficient (Wildman–Crippen LogP) is 0.533. The van der Waals surface area contributed by atoms with Gasteiger partial charge in [-0.15, -0.1) is 0 Å². The molecule has 0 aliphatic carbocycles. The van der Waals surface area contributed by atoms with Crippen LogP contribution in [0.2, 0.25) is 0 Å². The van der Waals surface area contributed by atoms with Crippen LogP contribution in [0.4, 0.5) is 5.82 Å². The summed E-state index contributed by atoms with van der Waals surface area (Å²) in [5.41, 5.74) is 2.90. The third kappa shape index (κ3) is 3.21. The zero-order valence-electron chi connectivity index (χ0n) is 11.5. The fourth-order valence-corrected chi connectivity index (χ4v) is 2.24. The van der Waals surface area contributed by atoms with E-state index in [2.05, 4.69) is 29.2 Å². The number of anilines is 1. The second kappa shape index (κ2) is 5.99. The smallest absolute Gasteiger partial charge is 0.272 e. The van der Waals surface area contributed by atoms with E-state index in [0.29, 0.717) is 17.6 Å². The fraction of sp³-hybridized carbons (Fsp3) is 0.538. The van der Waals surface area contributed by atoms with Crippen LogP contribution in [0.15, 0.2) is 18.2 Å². The van der Waals surface area contributed by atoms with Crippen LogP contribution in [0.5, 0.6) is 0 Å². The molecule has 2 heterocycles. The molecule has 1 fully saturated rings. The van der Waals surface area contributed by atoms with E-state index in [9.17, 15) is 4.79 Å². The highest BCUT2D eigenvalue weighted by Gasteiger charge is 2.23. The molecule has 3 N–H and O–H groups in total. The van der Waals surface area contributed by atoms with Gasteiger partial charge in [-0.3, -0.25) is 9.69 Å². The minimum Gasteiger partial charge on any atom is -0.335 e. The average Bonchev–Trinajstić information content (AvgIpc) is 2.46. The maximum Gasteiger partial charge on any atom is 0.272 e. The topological polar surface area (TPSA) is 74.5 Å². The molecule has 1 aromatic rings. The molecular formula is C13H21N5O. The number of pyridine rings is 1. The molecule has 0 aromatic carbocycles. The largest absolute Gasteiger partial charge is 0.335 e. The molecule has 0 saturated carbocycles. The molecule has 0 atom stereocenters. The first kappa shape index (κ1) is 13.8. The average molecular weight is 263 g/mol. The van der Waals surface area contributed by atoms with Crippen LogP contribution in [0.1, 0.15) is 24.3 Å². The van der Waals surface area contributed by atoms with Gasteiger partial charge in [0, 0.05) is 32.2 Å². The Kier molecular flexibility index (Phi) is 4.34. The van der Waals surface area contributed by atoms with Crippen LogP contribution >= 0.6 is 0 Å². The van der Waals surface area contributed by atoms with Crippen molar-refractivity contribution in [3.63, 3.8) is 0 Å². The molecule has 0 spiro atoms. The number of rotatable bonds is 3. The molecule has 0 radical (unpaired) electrons. The van der Waals surface area contributed by atoms with Crippen LogP contribution in [-0.4, -0.2) is 52.9 Å². The highest BCUT2D eigenvalue weighted by molar-refractivity contribution is 5.92. The van der Waals surface area contributed by atoms with Crippen molar-refractivity contribution < 1.29 is 4.79 Å². The molecule has 1 saturated heterocycles. The second-order valence-corrected chi connectivity index (χ2v) is 4.97. The first-order valence-electron chi connectivity index (χ1n) is 6.59. The van der Waals surface area contributed by atoms with E-state index in [0.717, 1.165) is 26.2 Å². The van der Waals surface area contributed by atoms with E-state index in [4.69, 9.17) is 5.84 Å². The zero-order chi connectivity index (χ0) is 13.8. The van der Waals surface area contributed by atoms with Gasteiger partial charge in [-0.2, -0.15) is 0 Å². The quantitative estimate of drug-likeness (QED) is 0.615. The van der Waals surface area contributed by atoms with Crippen molar-refractivity contribution in [3.8, 4) is 0 Å². The summed E-state index contributed by atoms with van der Waals surface area (Å²) in [7, 11) is 0. The SMILES string of the molecule is CC(C)N1CCN(C(=O)c2cccc(NN)n2)CC1. The lowest BCUT2D eigenvalue weighted by Crippen LogP contribution is -2.50. The van der Waals surface area contributed by atoms with Crippen LogP contribution in [-0.2, 0) is 0 Å². The van der Waals surface area contributed by atoms with E-state index < -0.39 is 0 Å². The number of nitrogens with two attached hydrogens (primary N) is 1. The maximum atomic E-state index is 12.3. The first-order chi connectivity index (χ1) is 9.11. The maximum absolute atomic E-state index is 12.3. The molecule has 6 heteroatoms. The Morgan fingerprint density at radius 2 is 2.00 bits per heavy atom. The summed E-state index contributed by atoms with van der Waals surface area (Å²) >= 11 is 0. The number of aromatic nitrogens is 1. The Morgan fingerprint density at radius 1 is 1.32 bits per heavy atom. The summed E-state index contributed by atoms with van der Waals surface area (Å²) in [4.78, 5) is 20.7. The highest BCUT2D eigenvalue weighted by Crippen LogP contribution is 2.11. The van der Waals surface area contributed by atoms with Crippen LogP contribution in [0, 0.1) is 0 Å². The van der Waals surface area contributed by atoms with Gasteiger partial charge in [-0.05, 0) is 26.0 Å². The fourth-order valence-electron chi connectivity index (χ4n) is 2.24. The minimum atomic E-state index is -0.0273. The number of carbonyl (C=O) groups is 1. The Balaban J connectivity index is 2.01. The number of piperazine rings is 1. The van der Waals surface area contributed by atoms with Crippen molar-refractivity contribution in [1.29, 1.82) is 0 Å². The van der Waals surface area contributed by atoms with E-state index >= 15 is 0 Å². The third-order valence-electron chi connectivity index (χ3n) is 3.45. The van der Waals surface area contributed by atoms with E-state index in [-0.39, 0.29) is 5.91 Å². The van der Waals surface area contributed by atoms with Gasteiger partial charge in [-0.25, -0.2) is 10.8 Å². The number of amides is 1. The zero-order valence-corrected chi connectivity index (χ0v) is 11.5. The van der Waals surface area contributed by atoms with Crippen LogP contribution < -0.4 is 11.3 Å². The van der Waals surface area contributed by atoms with Gasteiger partial charge in [0.25, 0.3) is 5.91 Å². The molecule has 1 aliphatic heterocycles. The molecule has 1 aliphatic rings. The molecule has 1 amide bonds. The summed E-state index contributed by atoms with van der Waals surface area (Å²) < 4.78 is 0. The summed E-state index contributed by atoms with van der Waals surface area (Å²) in [5, 5.41) is 0. The van der Waals surface area contributed by atoms with Gasteiger partial charge < -0.3 is 10.3 Å². The number of hydrogen-bond acceptors (Lipinski definition) is 5. The van der Waals surface area contributed by atoms with Gasteiger partial charge in [0.1, 0.15) is 11.5 Å². The Hall–Kier alpha value is -1.66. The third-order valence-corrected chi connectivity index (χ3v) is 3.45. The minimum absolute atomic E-state index is 0.0273. The van der Waals surface area contributed by atoms with Gasteiger partial charge in [0.05, 0.1) is 0 Å². The van der Waals surface area contributed by atoms with Crippen molar-refractivity contribution in [2.75, 3.05) is 31.6 Å². The number of carbonyl (C=O) groups excluding carboxylic acids is 1. The number of hydrogen-bond donors (Lipinski definition) is 2. The Bertz CT molecular complexity index is 440. The first-order valence-corrected chi connectivity index (χ1v) is 6.59. The molecule has 2 rings (SSSR count). The van der Waals surface area contributed by atoms with Gasteiger partial charge in [-0.1, -0.05) is 6.07 Å². The molecule has 104 valence electrons. The summed E-state index contributed by atoms with van der Waals surface area (Å²) in [6.45, 7) is 7.68. The van der Waals surface area contributed by atoms with E-state index in [1.165, 1.54) is 0 Å². The van der Waals surface area contributed by atoms with Crippen molar-refractivity contribution in [1.82, 2.24) is 14.8 Å². The van der Waals surface area contributed by atoms with Crippen LogP contribution in [0.3, 0.4) is 0 Å². The lowest BCUT2D eigenvalue weighted by Gasteiger charge is -2.36. The predicted molar refractivity (Wildman–Crippen MR) is 74.7 cm³/mol. The van der Waals surface area contributed by atoms with Crippen molar-refractivity contribution in [3.05, 3.63) is 23.9 Å². The lowest BCUT2D eigenvalue weighted by atomic mass is 10.2. The highest BCUT2D eigenvalue weighted by atomic mass is 16.2. The van der Waals surface area contributed by atoms with E-state index in [1.54, 1.807) is 18.2 Å². The summed E-state index contributed by atoms with van der Waals surface area (Å²) in [6, 6.07) is 5.76. The number of nitrogens with zero attached hydrogens (tertiary/aromatic N) is 3. The molecule has 1 aromatic heterocycles.